The van der Waals surface area contributed by atoms with E-state index in [0.717, 1.165) is 17.0 Å². The summed E-state index contributed by atoms with van der Waals surface area (Å²) in [5, 5.41) is 4.40. The minimum Gasteiger partial charge on any atom is -0.497 e. The number of hydrogen-bond donors (Lipinski definition) is 1. The van der Waals surface area contributed by atoms with Gasteiger partial charge in [0.1, 0.15) is 15.5 Å². The molecule has 0 spiro atoms. The molecule has 0 aliphatic carbocycles. The first-order valence-electron chi connectivity index (χ1n) is 9.82. The van der Waals surface area contributed by atoms with E-state index in [-0.39, 0.29) is 9.77 Å². The number of para-hydroxylation sites is 1. The molecule has 162 valence electrons. The number of carbonyl (C=O) groups is 1. The van der Waals surface area contributed by atoms with Gasteiger partial charge in [0.05, 0.1) is 7.11 Å². The van der Waals surface area contributed by atoms with Crippen LogP contribution in [-0.4, -0.2) is 51.9 Å². The standard InChI is InChI=1S/C22H23N3O4S2/c1-29-19-9-7-17(8-10-19)23-22(26)21-20(11-16-30-21)31(27,28)25-14-12-24(13-15-25)18-5-3-2-4-6-18/h2-11,16H,12-15H2,1H3,(H,23,26). The van der Waals surface area contributed by atoms with Crippen LogP contribution < -0.4 is 15.0 Å². The lowest BCUT2D eigenvalue weighted by atomic mass is 10.2. The number of hydrogen-bond acceptors (Lipinski definition) is 6. The van der Waals surface area contributed by atoms with E-state index in [1.165, 1.54) is 10.4 Å². The van der Waals surface area contributed by atoms with Gasteiger partial charge in [-0.3, -0.25) is 4.79 Å². The van der Waals surface area contributed by atoms with Crippen LogP contribution in [-0.2, 0) is 10.0 Å². The van der Waals surface area contributed by atoms with Crippen molar-refractivity contribution in [3.8, 4) is 5.75 Å². The summed E-state index contributed by atoms with van der Waals surface area (Å²) >= 11 is 1.12. The number of nitrogens with zero attached hydrogens (tertiary/aromatic N) is 2. The fourth-order valence-electron chi connectivity index (χ4n) is 3.49. The van der Waals surface area contributed by atoms with E-state index in [0.29, 0.717) is 37.6 Å². The predicted molar refractivity (Wildman–Crippen MR) is 123 cm³/mol. The second kappa shape index (κ2) is 9.09. The molecule has 0 radical (unpaired) electrons. The summed E-state index contributed by atoms with van der Waals surface area (Å²) in [6, 6.07) is 18.3. The average Bonchev–Trinajstić information content (AvgIpc) is 3.31. The van der Waals surface area contributed by atoms with Gasteiger partial charge in [-0.2, -0.15) is 4.31 Å². The molecule has 4 rings (SSSR count). The van der Waals surface area contributed by atoms with Crippen LogP contribution >= 0.6 is 11.3 Å². The summed E-state index contributed by atoms with van der Waals surface area (Å²) in [5.74, 6) is 0.230. The number of anilines is 2. The highest BCUT2D eigenvalue weighted by molar-refractivity contribution is 7.89. The molecular formula is C22H23N3O4S2. The number of piperazine rings is 1. The molecule has 1 aromatic heterocycles. The molecule has 31 heavy (non-hydrogen) atoms. The van der Waals surface area contributed by atoms with Crippen LogP contribution in [0.4, 0.5) is 11.4 Å². The summed E-state index contributed by atoms with van der Waals surface area (Å²) < 4.78 is 33.1. The van der Waals surface area contributed by atoms with Crippen molar-refractivity contribution in [2.75, 3.05) is 43.5 Å². The van der Waals surface area contributed by atoms with Crippen LogP contribution in [0.15, 0.2) is 70.9 Å². The van der Waals surface area contributed by atoms with Crippen LogP contribution in [0.5, 0.6) is 5.75 Å². The van der Waals surface area contributed by atoms with Crippen LogP contribution in [0.25, 0.3) is 0 Å². The maximum absolute atomic E-state index is 13.3. The van der Waals surface area contributed by atoms with Crippen LogP contribution in [0.3, 0.4) is 0 Å². The smallest absolute Gasteiger partial charge is 0.267 e. The Bertz CT molecular complexity index is 1140. The van der Waals surface area contributed by atoms with Gasteiger partial charge in [0.2, 0.25) is 10.0 Å². The number of nitrogens with one attached hydrogen (secondary N) is 1. The molecule has 9 heteroatoms. The van der Waals surface area contributed by atoms with Crippen LogP contribution in [0.2, 0.25) is 0 Å². The van der Waals surface area contributed by atoms with E-state index >= 15 is 0 Å². The number of amides is 1. The third kappa shape index (κ3) is 4.58. The average molecular weight is 458 g/mol. The lowest BCUT2D eigenvalue weighted by Crippen LogP contribution is -2.48. The molecule has 1 aliphatic heterocycles. The van der Waals surface area contributed by atoms with Crippen molar-refractivity contribution in [3.05, 3.63) is 70.9 Å². The minimum absolute atomic E-state index is 0.0525. The highest BCUT2D eigenvalue weighted by Gasteiger charge is 2.32. The molecule has 1 fully saturated rings. The van der Waals surface area contributed by atoms with Gasteiger partial charge in [0.25, 0.3) is 5.91 Å². The van der Waals surface area contributed by atoms with Gasteiger partial charge in [-0.05, 0) is 47.8 Å². The Kier molecular flexibility index (Phi) is 6.26. The van der Waals surface area contributed by atoms with Crippen molar-refractivity contribution in [3.63, 3.8) is 0 Å². The number of rotatable bonds is 6. The molecule has 2 heterocycles. The largest absolute Gasteiger partial charge is 0.497 e. The molecule has 1 amide bonds. The number of carbonyl (C=O) groups excluding carboxylic acids is 1. The first-order chi connectivity index (χ1) is 15.0. The second-order valence-corrected chi connectivity index (χ2v) is 9.85. The molecule has 3 aromatic rings. The second-order valence-electron chi connectivity index (χ2n) is 7.02. The summed E-state index contributed by atoms with van der Waals surface area (Å²) in [6.07, 6.45) is 0. The lowest BCUT2D eigenvalue weighted by molar-refractivity contribution is 0.102. The van der Waals surface area contributed by atoms with Crippen LogP contribution in [0.1, 0.15) is 9.67 Å². The Morgan fingerprint density at radius 2 is 1.65 bits per heavy atom. The maximum atomic E-state index is 13.3. The van der Waals surface area contributed by atoms with Crippen molar-refractivity contribution >= 4 is 38.6 Å². The van der Waals surface area contributed by atoms with Gasteiger partial charge >= 0.3 is 0 Å². The number of ether oxygens (including phenoxy) is 1. The van der Waals surface area contributed by atoms with Gasteiger partial charge in [-0.1, -0.05) is 18.2 Å². The van der Waals surface area contributed by atoms with Crippen LogP contribution in [0, 0.1) is 0 Å². The van der Waals surface area contributed by atoms with E-state index in [2.05, 4.69) is 10.2 Å². The van der Waals surface area contributed by atoms with Gasteiger partial charge < -0.3 is 15.0 Å². The Morgan fingerprint density at radius 3 is 2.29 bits per heavy atom. The van der Waals surface area contributed by atoms with Gasteiger partial charge in [0.15, 0.2) is 0 Å². The quantitative estimate of drug-likeness (QED) is 0.613. The summed E-state index contributed by atoms with van der Waals surface area (Å²) in [7, 11) is -2.20. The van der Waals surface area contributed by atoms with Crippen molar-refractivity contribution in [2.24, 2.45) is 0 Å². The Balaban J connectivity index is 1.47. The van der Waals surface area contributed by atoms with E-state index in [1.54, 1.807) is 36.8 Å². The van der Waals surface area contributed by atoms with Crippen molar-refractivity contribution < 1.29 is 17.9 Å². The third-order valence-electron chi connectivity index (χ3n) is 5.16. The molecule has 1 saturated heterocycles. The summed E-state index contributed by atoms with van der Waals surface area (Å²) in [6.45, 7) is 1.93. The van der Waals surface area contributed by atoms with E-state index in [4.69, 9.17) is 4.74 Å². The Morgan fingerprint density at radius 1 is 0.968 bits per heavy atom. The Hall–Kier alpha value is -2.88. The molecule has 0 unspecified atom stereocenters. The third-order valence-corrected chi connectivity index (χ3v) is 8.14. The fourth-order valence-corrected chi connectivity index (χ4v) is 6.21. The minimum atomic E-state index is -3.77. The molecular weight excluding hydrogens is 434 g/mol. The fraction of sp³-hybridized carbons (Fsp3) is 0.227. The molecule has 1 aliphatic rings. The lowest BCUT2D eigenvalue weighted by Gasteiger charge is -2.35. The number of sulfonamides is 1. The summed E-state index contributed by atoms with van der Waals surface area (Å²) in [5.41, 5.74) is 1.65. The highest BCUT2D eigenvalue weighted by atomic mass is 32.2. The molecule has 0 bridgehead atoms. The monoisotopic (exact) mass is 457 g/mol. The van der Waals surface area contributed by atoms with Crippen molar-refractivity contribution in [1.82, 2.24) is 4.31 Å². The van der Waals surface area contributed by atoms with Crippen molar-refractivity contribution in [1.29, 1.82) is 0 Å². The molecule has 0 saturated carbocycles. The highest BCUT2D eigenvalue weighted by Crippen LogP contribution is 2.28. The van der Waals surface area contributed by atoms with E-state index in [1.807, 2.05) is 30.3 Å². The van der Waals surface area contributed by atoms with Gasteiger partial charge in [0, 0.05) is 37.6 Å². The zero-order chi connectivity index (χ0) is 21.8. The normalized spacial score (nSPS) is 14.9. The first-order valence-corrected chi connectivity index (χ1v) is 12.1. The van der Waals surface area contributed by atoms with Crippen molar-refractivity contribution in [2.45, 2.75) is 4.90 Å². The molecule has 2 aromatic carbocycles. The van der Waals surface area contributed by atoms with E-state index < -0.39 is 15.9 Å². The molecule has 1 N–H and O–H groups in total. The molecule has 7 nitrogen and oxygen atoms in total. The number of methoxy groups -OCH3 is 1. The van der Waals surface area contributed by atoms with E-state index in [9.17, 15) is 13.2 Å². The zero-order valence-electron chi connectivity index (χ0n) is 17.0. The predicted octanol–water partition coefficient (Wildman–Crippen LogP) is 3.52. The zero-order valence-corrected chi connectivity index (χ0v) is 18.7. The summed E-state index contributed by atoms with van der Waals surface area (Å²) in [4.78, 5) is 15.2. The Labute approximate surface area is 185 Å². The molecule has 0 atom stereocenters. The topological polar surface area (TPSA) is 78.9 Å². The SMILES string of the molecule is COc1ccc(NC(=O)c2sccc2S(=O)(=O)N2CCN(c3ccccc3)CC2)cc1. The maximum Gasteiger partial charge on any atom is 0.267 e. The first kappa shape index (κ1) is 21.4. The van der Waals surface area contributed by atoms with Gasteiger partial charge in [-0.15, -0.1) is 11.3 Å². The number of thiophene rings is 1. The number of benzene rings is 2. The van der Waals surface area contributed by atoms with Gasteiger partial charge in [-0.25, -0.2) is 8.42 Å².